The van der Waals surface area contributed by atoms with Crippen LogP contribution in [0.15, 0.2) is 24.3 Å². The summed E-state index contributed by atoms with van der Waals surface area (Å²) in [5, 5.41) is 0.299. The first-order valence-electron chi connectivity index (χ1n) is 5.15. The minimum absolute atomic E-state index is 0.299. The standard InChI is InChI=1S/C13H13ClN2/c1-8-4-5-11(6-9(8)2)12-7-10(3)15-13(14)16-12/h4-7H,1-3H3. The smallest absolute Gasteiger partial charge is 0.223 e. The fourth-order valence-electron chi connectivity index (χ4n) is 1.58. The monoisotopic (exact) mass is 232 g/mol. The summed E-state index contributed by atoms with van der Waals surface area (Å²) in [5.74, 6) is 0. The maximum absolute atomic E-state index is 5.85. The molecule has 0 atom stereocenters. The van der Waals surface area contributed by atoms with Crippen LogP contribution in [0.4, 0.5) is 0 Å². The molecule has 0 saturated carbocycles. The van der Waals surface area contributed by atoms with Crippen LogP contribution >= 0.6 is 11.6 Å². The molecule has 1 heterocycles. The number of aromatic nitrogens is 2. The summed E-state index contributed by atoms with van der Waals surface area (Å²) in [6.45, 7) is 6.10. The van der Waals surface area contributed by atoms with E-state index in [0.29, 0.717) is 5.28 Å². The summed E-state index contributed by atoms with van der Waals surface area (Å²) in [7, 11) is 0. The lowest BCUT2D eigenvalue weighted by atomic mass is 10.0. The number of aryl methyl sites for hydroxylation is 3. The van der Waals surface area contributed by atoms with Crippen molar-refractivity contribution in [3.63, 3.8) is 0 Å². The number of halogens is 1. The van der Waals surface area contributed by atoms with Gasteiger partial charge in [-0.3, -0.25) is 0 Å². The van der Waals surface area contributed by atoms with Crippen molar-refractivity contribution in [3.05, 3.63) is 46.4 Å². The van der Waals surface area contributed by atoms with Gasteiger partial charge >= 0.3 is 0 Å². The van der Waals surface area contributed by atoms with E-state index in [0.717, 1.165) is 17.0 Å². The molecule has 0 fully saturated rings. The van der Waals surface area contributed by atoms with Gasteiger partial charge in [0, 0.05) is 11.3 Å². The normalized spacial score (nSPS) is 10.5. The van der Waals surface area contributed by atoms with E-state index in [2.05, 4.69) is 42.0 Å². The van der Waals surface area contributed by atoms with Gasteiger partial charge < -0.3 is 0 Å². The van der Waals surface area contributed by atoms with E-state index < -0.39 is 0 Å². The van der Waals surface area contributed by atoms with E-state index in [1.54, 1.807) is 0 Å². The molecule has 82 valence electrons. The second-order valence-corrected chi connectivity index (χ2v) is 4.30. The molecule has 0 N–H and O–H groups in total. The molecule has 0 unspecified atom stereocenters. The summed E-state index contributed by atoms with van der Waals surface area (Å²) >= 11 is 5.85. The van der Waals surface area contributed by atoms with Crippen LogP contribution in [0, 0.1) is 20.8 Å². The van der Waals surface area contributed by atoms with Crippen LogP contribution in [0.5, 0.6) is 0 Å². The Kier molecular flexibility index (Phi) is 2.92. The summed E-state index contributed by atoms with van der Waals surface area (Å²) in [5.41, 5.74) is 5.37. The predicted molar refractivity (Wildman–Crippen MR) is 66.7 cm³/mol. The van der Waals surface area contributed by atoms with E-state index in [1.165, 1.54) is 11.1 Å². The van der Waals surface area contributed by atoms with Crippen LogP contribution in [0.25, 0.3) is 11.3 Å². The Hall–Kier alpha value is -1.41. The molecule has 0 aliphatic rings. The summed E-state index contributed by atoms with van der Waals surface area (Å²) in [6.07, 6.45) is 0. The average molecular weight is 233 g/mol. The first-order valence-corrected chi connectivity index (χ1v) is 5.53. The van der Waals surface area contributed by atoms with Crippen molar-refractivity contribution in [2.45, 2.75) is 20.8 Å². The zero-order chi connectivity index (χ0) is 11.7. The quantitative estimate of drug-likeness (QED) is 0.701. The number of nitrogens with zero attached hydrogens (tertiary/aromatic N) is 2. The molecule has 0 aliphatic carbocycles. The zero-order valence-electron chi connectivity index (χ0n) is 9.58. The fraction of sp³-hybridized carbons (Fsp3) is 0.231. The molecule has 0 saturated heterocycles. The molecule has 2 aromatic rings. The van der Waals surface area contributed by atoms with Crippen LogP contribution in [-0.2, 0) is 0 Å². The van der Waals surface area contributed by atoms with Gasteiger partial charge in [-0.1, -0.05) is 12.1 Å². The highest BCUT2D eigenvalue weighted by Gasteiger charge is 2.04. The van der Waals surface area contributed by atoms with Gasteiger partial charge in [0.25, 0.3) is 0 Å². The van der Waals surface area contributed by atoms with Gasteiger partial charge in [-0.25, -0.2) is 9.97 Å². The van der Waals surface area contributed by atoms with E-state index in [1.807, 2.05) is 13.0 Å². The van der Waals surface area contributed by atoms with Crippen LogP contribution in [-0.4, -0.2) is 9.97 Å². The summed E-state index contributed by atoms with van der Waals surface area (Å²) in [6, 6.07) is 8.21. The highest BCUT2D eigenvalue weighted by molar-refractivity contribution is 6.28. The van der Waals surface area contributed by atoms with Gasteiger partial charge in [0.2, 0.25) is 5.28 Å². The Morgan fingerprint density at radius 3 is 2.31 bits per heavy atom. The van der Waals surface area contributed by atoms with E-state index in [-0.39, 0.29) is 0 Å². The van der Waals surface area contributed by atoms with Crippen LogP contribution < -0.4 is 0 Å². The van der Waals surface area contributed by atoms with Crippen LogP contribution in [0.3, 0.4) is 0 Å². The Morgan fingerprint density at radius 1 is 0.938 bits per heavy atom. The molecule has 3 heteroatoms. The van der Waals surface area contributed by atoms with Crippen molar-refractivity contribution >= 4 is 11.6 Å². The second-order valence-electron chi connectivity index (χ2n) is 3.96. The number of hydrogen-bond acceptors (Lipinski definition) is 2. The Bertz CT molecular complexity index is 515. The Morgan fingerprint density at radius 2 is 1.69 bits per heavy atom. The molecule has 0 amide bonds. The van der Waals surface area contributed by atoms with Crippen molar-refractivity contribution < 1.29 is 0 Å². The van der Waals surface area contributed by atoms with Crippen molar-refractivity contribution in [3.8, 4) is 11.3 Å². The first-order chi connectivity index (χ1) is 7.56. The zero-order valence-corrected chi connectivity index (χ0v) is 10.3. The highest BCUT2D eigenvalue weighted by atomic mass is 35.5. The van der Waals surface area contributed by atoms with E-state index in [4.69, 9.17) is 11.6 Å². The first kappa shape index (κ1) is 11.1. The van der Waals surface area contributed by atoms with Gasteiger partial charge in [0.05, 0.1) is 5.69 Å². The molecular weight excluding hydrogens is 220 g/mol. The maximum Gasteiger partial charge on any atom is 0.223 e. The summed E-state index contributed by atoms with van der Waals surface area (Å²) < 4.78 is 0. The average Bonchev–Trinajstić information content (AvgIpc) is 2.20. The molecule has 2 rings (SSSR count). The third-order valence-electron chi connectivity index (χ3n) is 2.63. The highest BCUT2D eigenvalue weighted by Crippen LogP contribution is 2.21. The van der Waals surface area contributed by atoms with Crippen molar-refractivity contribution in [2.24, 2.45) is 0 Å². The molecule has 0 bridgehead atoms. The minimum Gasteiger partial charge on any atom is -0.223 e. The van der Waals surface area contributed by atoms with Gasteiger partial charge in [-0.2, -0.15) is 0 Å². The lowest BCUT2D eigenvalue weighted by molar-refractivity contribution is 1.11. The van der Waals surface area contributed by atoms with Crippen molar-refractivity contribution in [1.29, 1.82) is 0 Å². The topological polar surface area (TPSA) is 25.8 Å². The largest absolute Gasteiger partial charge is 0.223 e. The van der Waals surface area contributed by atoms with Gasteiger partial charge in [-0.05, 0) is 55.6 Å². The Labute approximate surface area is 100 Å². The van der Waals surface area contributed by atoms with E-state index in [9.17, 15) is 0 Å². The molecule has 1 aromatic heterocycles. The molecule has 0 aliphatic heterocycles. The van der Waals surface area contributed by atoms with Gasteiger partial charge in [-0.15, -0.1) is 0 Å². The summed E-state index contributed by atoms with van der Waals surface area (Å²) in [4.78, 5) is 8.28. The third kappa shape index (κ3) is 2.22. The SMILES string of the molecule is Cc1cc(-c2ccc(C)c(C)c2)nc(Cl)n1. The predicted octanol–water partition coefficient (Wildman–Crippen LogP) is 3.72. The van der Waals surface area contributed by atoms with Crippen LogP contribution in [0.1, 0.15) is 16.8 Å². The molecule has 2 nitrogen and oxygen atoms in total. The number of benzene rings is 1. The Balaban J connectivity index is 2.54. The van der Waals surface area contributed by atoms with Gasteiger partial charge in [0.15, 0.2) is 0 Å². The molecule has 16 heavy (non-hydrogen) atoms. The van der Waals surface area contributed by atoms with Crippen molar-refractivity contribution in [2.75, 3.05) is 0 Å². The van der Waals surface area contributed by atoms with Crippen molar-refractivity contribution in [1.82, 2.24) is 9.97 Å². The lowest BCUT2D eigenvalue weighted by Crippen LogP contribution is -1.91. The lowest BCUT2D eigenvalue weighted by Gasteiger charge is -2.05. The van der Waals surface area contributed by atoms with Crippen LogP contribution in [0.2, 0.25) is 5.28 Å². The van der Waals surface area contributed by atoms with E-state index >= 15 is 0 Å². The second kappa shape index (κ2) is 4.22. The molecule has 0 spiro atoms. The molecule has 0 radical (unpaired) electrons. The fourth-order valence-corrected chi connectivity index (χ4v) is 1.81. The molecule has 1 aromatic carbocycles. The number of hydrogen-bond donors (Lipinski definition) is 0. The number of rotatable bonds is 1. The maximum atomic E-state index is 5.85. The molecular formula is C13H13ClN2. The third-order valence-corrected chi connectivity index (χ3v) is 2.80. The van der Waals surface area contributed by atoms with Gasteiger partial charge in [0.1, 0.15) is 0 Å². The minimum atomic E-state index is 0.299.